The van der Waals surface area contributed by atoms with Gasteiger partial charge >= 0.3 is 0 Å². The molecule has 3 rings (SSSR count). The van der Waals surface area contributed by atoms with Crippen LogP contribution in [0.4, 0.5) is 0 Å². The van der Waals surface area contributed by atoms with Gasteiger partial charge < -0.3 is 10.1 Å². The number of methoxy groups -OCH3 is 1. The maximum Gasteiger partial charge on any atom is 0.282 e. The van der Waals surface area contributed by atoms with Gasteiger partial charge in [-0.2, -0.15) is 4.37 Å². The average Bonchev–Trinajstić information content (AvgIpc) is 3.13. The zero-order chi connectivity index (χ0) is 16.9. The summed E-state index contributed by atoms with van der Waals surface area (Å²) >= 11 is 1.10. The first-order chi connectivity index (χ1) is 11.7. The third-order valence-electron chi connectivity index (χ3n) is 3.62. The first kappa shape index (κ1) is 16.1. The Morgan fingerprint density at radius 2 is 1.83 bits per heavy atom. The van der Waals surface area contributed by atoms with Crippen LogP contribution in [0.25, 0.3) is 11.4 Å². The van der Waals surface area contributed by atoms with Gasteiger partial charge in [0.2, 0.25) is 5.01 Å². The summed E-state index contributed by atoms with van der Waals surface area (Å²) in [5, 5.41) is 3.30. The smallest absolute Gasteiger partial charge is 0.282 e. The lowest BCUT2D eigenvalue weighted by atomic mass is 10.1. The number of rotatable bonds is 5. The van der Waals surface area contributed by atoms with Crippen molar-refractivity contribution in [3.8, 4) is 17.1 Å². The average molecular weight is 339 g/mol. The molecular weight excluding hydrogens is 322 g/mol. The molecule has 0 saturated carbocycles. The van der Waals surface area contributed by atoms with Crippen molar-refractivity contribution >= 4 is 17.4 Å². The van der Waals surface area contributed by atoms with Crippen LogP contribution in [0.2, 0.25) is 0 Å². The quantitative estimate of drug-likeness (QED) is 0.770. The van der Waals surface area contributed by atoms with E-state index in [1.165, 1.54) is 0 Å². The fourth-order valence-electron chi connectivity index (χ4n) is 2.26. The lowest BCUT2D eigenvalue weighted by Crippen LogP contribution is -2.26. The van der Waals surface area contributed by atoms with E-state index in [4.69, 9.17) is 4.74 Å². The normalized spacial score (nSPS) is 11.8. The minimum absolute atomic E-state index is 0.0907. The summed E-state index contributed by atoms with van der Waals surface area (Å²) in [6, 6.07) is 17.1. The molecule has 6 heteroatoms. The number of carbonyl (C=O) groups is 1. The number of nitrogens with zero attached hydrogens (tertiary/aromatic N) is 2. The van der Waals surface area contributed by atoms with Crippen LogP contribution in [0.1, 0.15) is 28.3 Å². The van der Waals surface area contributed by atoms with Gasteiger partial charge in [-0.15, -0.1) is 0 Å². The molecule has 0 radical (unpaired) electrons. The number of benzene rings is 2. The molecular formula is C18H17N3O2S. The monoisotopic (exact) mass is 339 g/mol. The fraction of sp³-hybridized carbons (Fsp3) is 0.167. The highest BCUT2D eigenvalue weighted by molar-refractivity contribution is 7.07. The predicted octanol–water partition coefficient (Wildman–Crippen LogP) is 3.70. The largest absolute Gasteiger partial charge is 0.497 e. The van der Waals surface area contributed by atoms with Gasteiger partial charge in [0.15, 0.2) is 5.82 Å². The van der Waals surface area contributed by atoms with Gasteiger partial charge in [0.25, 0.3) is 5.91 Å². The Balaban J connectivity index is 1.71. The Morgan fingerprint density at radius 1 is 1.12 bits per heavy atom. The van der Waals surface area contributed by atoms with Gasteiger partial charge in [-0.1, -0.05) is 30.3 Å². The first-order valence-electron chi connectivity index (χ1n) is 7.51. The van der Waals surface area contributed by atoms with E-state index in [9.17, 15) is 4.79 Å². The molecule has 0 saturated heterocycles. The number of nitrogens with one attached hydrogen (secondary N) is 1. The second-order valence-corrected chi connectivity index (χ2v) is 6.01. The van der Waals surface area contributed by atoms with Gasteiger partial charge in [-0.25, -0.2) is 4.98 Å². The number of ether oxygens (including phenoxy) is 1. The van der Waals surface area contributed by atoms with E-state index in [1.807, 2.05) is 61.5 Å². The van der Waals surface area contributed by atoms with Crippen molar-refractivity contribution in [1.29, 1.82) is 0 Å². The van der Waals surface area contributed by atoms with Crippen molar-refractivity contribution in [3.63, 3.8) is 0 Å². The summed E-state index contributed by atoms with van der Waals surface area (Å²) in [6.07, 6.45) is 0. The maximum absolute atomic E-state index is 12.4. The third kappa shape index (κ3) is 3.60. The number of hydrogen-bond acceptors (Lipinski definition) is 5. The van der Waals surface area contributed by atoms with Gasteiger partial charge in [-0.3, -0.25) is 4.79 Å². The minimum atomic E-state index is -0.219. The van der Waals surface area contributed by atoms with Gasteiger partial charge in [0.05, 0.1) is 13.2 Å². The molecule has 3 aromatic rings. The molecule has 24 heavy (non-hydrogen) atoms. The first-order valence-corrected chi connectivity index (χ1v) is 8.28. The van der Waals surface area contributed by atoms with Crippen molar-refractivity contribution in [3.05, 3.63) is 65.2 Å². The van der Waals surface area contributed by atoms with Crippen molar-refractivity contribution in [2.24, 2.45) is 0 Å². The van der Waals surface area contributed by atoms with E-state index in [0.29, 0.717) is 10.8 Å². The molecule has 0 spiro atoms. The van der Waals surface area contributed by atoms with Crippen molar-refractivity contribution in [1.82, 2.24) is 14.7 Å². The maximum atomic E-state index is 12.4. The Kier molecular flexibility index (Phi) is 4.86. The number of amides is 1. The Hall–Kier alpha value is -2.73. The predicted molar refractivity (Wildman–Crippen MR) is 94.2 cm³/mol. The van der Waals surface area contributed by atoms with E-state index in [0.717, 1.165) is 28.4 Å². The summed E-state index contributed by atoms with van der Waals surface area (Å²) in [5.41, 5.74) is 1.90. The summed E-state index contributed by atoms with van der Waals surface area (Å²) < 4.78 is 9.40. The molecule has 1 N–H and O–H groups in total. The van der Waals surface area contributed by atoms with Crippen molar-refractivity contribution < 1.29 is 9.53 Å². The van der Waals surface area contributed by atoms with Crippen LogP contribution < -0.4 is 10.1 Å². The second-order valence-electron chi connectivity index (χ2n) is 5.26. The van der Waals surface area contributed by atoms with Crippen LogP contribution in [0, 0.1) is 0 Å². The molecule has 122 valence electrons. The summed E-state index contributed by atoms with van der Waals surface area (Å²) in [7, 11) is 1.62. The van der Waals surface area contributed by atoms with Crippen LogP contribution in [-0.2, 0) is 0 Å². The lowest BCUT2D eigenvalue weighted by Gasteiger charge is -2.12. The topological polar surface area (TPSA) is 64.1 Å². The molecule has 0 aliphatic carbocycles. The molecule has 0 aliphatic heterocycles. The standard InChI is InChI=1S/C18H17N3O2S/c1-12(13-6-4-3-5-7-13)19-17(22)18-20-16(21-24-18)14-8-10-15(23-2)11-9-14/h3-12H,1-2H3,(H,19,22)/t12-/m0/s1. The van der Waals surface area contributed by atoms with Crippen molar-refractivity contribution in [2.75, 3.05) is 7.11 Å². The van der Waals surface area contributed by atoms with Crippen LogP contribution in [0.3, 0.4) is 0 Å². The molecule has 0 aliphatic rings. The molecule has 1 aromatic heterocycles. The summed E-state index contributed by atoms with van der Waals surface area (Å²) in [6.45, 7) is 1.94. The second kappa shape index (κ2) is 7.23. The molecule has 1 heterocycles. The Bertz CT molecular complexity index is 816. The van der Waals surface area contributed by atoms with Crippen molar-refractivity contribution in [2.45, 2.75) is 13.0 Å². The molecule has 1 amide bonds. The molecule has 2 aromatic carbocycles. The molecule has 0 unspecified atom stereocenters. The Morgan fingerprint density at radius 3 is 2.50 bits per heavy atom. The molecule has 1 atom stereocenters. The number of hydrogen-bond donors (Lipinski definition) is 1. The SMILES string of the molecule is COc1ccc(-c2nsc(C(=O)N[C@@H](C)c3ccccc3)n2)cc1. The zero-order valence-corrected chi connectivity index (χ0v) is 14.2. The molecule has 5 nitrogen and oxygen atoms in total. The molecule has 0 fully saturated rings. The highest BCUT2D eigenvalue weighted by Gasteiger charge is 2.16. The van der Waals surface area contributed by atoms with Crippen LogP contribution in [0.15, 0.2) is 54.6 Å². The minimum Gasteiger partial charge on any atom is -0.497 e. The van der Waals surface area contributed by atoms with Crippen LogP contribution >= 0.6 is 11.5 Å². The zero-order valence-electron chi connectivity index (χ0n) is 13.4. The van der Waals surface area contributed by atoms with E-state index in [2.05, 4.69) is 14.7 Å². The summed E-state index contributed by atoms with van der Waals surface area (Å²) in [5.74, 6) is 1.09. The van der Waals surface area contributed by atoms with Gasteiger partial charge in [0, 0.05) is 5.56 Å². The third-order valence-corrected chi connectivity index (χ3v) is 4.33. The Labute approximate surface area is 144 Å². The highest BCUT2D eigenvalue weighted by atomic mass is 32.1. The fourth-order valence-corrected chi connectivity index (χ4v) is 2.84. The lowest BCUT2D eigenvalue weighted by molar-refractivity contribution is 0.0939. The molecule has 0 bridgehead atoms. The van der Waals surface area contributed by atoms with E-state index in [1.54, 1.807) is 7.11 Å². The van der Waals surface area contributed by atoms with Gasteiger partial charge in [-0.05, 0) is 48.3 Å². The van der Waals surface area contributed by atoms with E-state index in [-0.39, 0.29) is 11.9 Å². The highest BCUT2D eigenvalue weighted by Crippen LogP contribution is 2.21. The van der Waals surface area contributed by atoms with Gasteiger partial charge in [0.1, 0.15) is 5.75 Å². The number of carbonyl (C=O) groups excluding carboxylic acids is 1. The number of aromatic nitrogens is 2. The van der Waals surface area contributed by atoms with E-state index < -0.39 is 0 Å². The van der Waals surface area contributed by atoms with Crippen LogP contribution in [0.5, 0.6) is 5.75 Å². The van der Waals surface area contributed by atoms with Crippen LogP contribution in [-0.4, -0.2) is 22.4 Å². The summed E-state index contributed by atoms with van der Waals surface area (Å²) in [4.78, 5) is 16.7. The van der Waals surface area contributed by atoms with E-state index >= 15 is 0 Å².